The van der Waals surface area contributed by atoms with Crippen molar-refractivity contribution in [3.05, 3.63) is 27.9 Å². The van der Waals surface area contributed by atoms with Gasteiger partial charge in [-0.25, -0.2) is 4.98 Å². The number of rotatable bonds is 3. The molecule has 4 nitrogen and oxygen atoms in total. The third kappa shape index (κ3) is 2.45. The molecule has 0 aliphatic heterocycles. The van der Waals surface area contributed by atoms with E-state index < -0.39 is 0 Å². The van der Waals surface area contributed by atoms with Crippen LogP contribution in [0.5, 0.6) is 0 Å². The molecule has 1 fully saturated rings. The lowest BCUT2D eigenvalue weighted by Crippen LogP contribution is -2.16. The predicted molar refractivity (Wildman–Crippen MR) is 58.8 cm³/mol. The summed E-state index contributed by atoms with van der Waals surface area (Å²) in [6, 6.07) is 1.55. The molecule has 1 aliphatic rings. The van der Waals surface area contributed by atoms with Gasteiger partial charge >= 0.3 is 0 Å². The molecule has 0 amide bonds. The normalized spacial score (nSPS) is 17.1. The lowest BCUT2D eigenvalue weighted by molar-refractivity contribution is 0.655. The minimum atomic E-state index is -0.0460. The van der Waals surface area contributed by atoms with Crippen LogP contribution < -0.4 is 11.3 Å². The van der Waals surface area contributed by atoms with Crippen LogP contribution in [0.4, 0.5) is 0 Å². The third-order valence-electron chi connectivity index (χ3n) is 2.96. The minimum absolute atomic E-state index is 0.0460. The Balaban J connectivity index is 2.26. The highest BCUT2D eigenvalue weighted by atomic mass is 16.1. The van der Waals surface area contributed by atoms with Crippen molar-refractivity contribution in [1.82, 2.24) is 9.97 Å². The fourth-order valence-corrected chi connectivity index (χ4v) is 2.20. The number of nitrogens with one attached hydrogen (secondary N) is 1. The first-order valence-corrected chi connectivity index (χ1v) is 5.60. The van der Waals surface area contributed by atoms with Crippen LogP contribution in [-0.4, -0.2) is 16.5 Å². The van der Waals surface area contributed by atoms with E-state index in [1.165, 1.54) is 12.8 Å². The molecule has 1 saturated carbocycles. The van der Waals surface area contributed by atoms with E-state index in [-0.39, 0.29) is 5.56 Å². The third-order valence-corrected chi connectivity index (χ3v) is 2.96. The summed E-state index contributed by atoms with van der Waals surface area (Å²) < 4.78 is 0. The Morgan fingerprint density at radius 3 is 2.87 bits per heavy atom. The fraction of sp³-hybridized carbons (Fsp3) is 0.636. The van der Waals surface area contributed by atoms with Gasteiger partial charge in [-0.15, -0.1) is 0 Å². The van der Waals surface area contributed by atoms with Crippen molar-refractivity contribution >= 4 is 0 Å². The van der Waals surface area contributed by atoms with Gasteiger partial charge in [-0.3, -0.25) is 4.79 Å². The van der Waals surface area contributed by atoms with Gasteiger partial charge in [0.05, 0.1) is 0 Å². The number of hydrogen-bond donors (Lipinski definition) is 2. The van der Waals surface area contributed by atoms with Gasteiger partial charge in [-0.2, -0.15) is 0 Å². The van der Waals surface area contributed by atoms with E-state index >= 15 is 0 Å². The van der Waals surface area contributed by atoms with Gasteiger partial charge in [0.25, 0.3) is 5.56 Å². The summed E-state index contributed by atoms with van der Waals surface area (Å²) in [6.45, 7) is 0.542. The zero-order valence-electron chi connectivity index (χ0n) is 8.83. The van der Waals surface area contributed by atoms with Gasteiger partial charge < -0.3 is 10.7 Å². The number of aromatic amines is 1. The molecule has 1 heterocycles. The first-order valence-electron chi connectivity index (χ1n) is 5.60. The number of H-pyrrole nitrogens is 1. The van der Waals surface area contributed by atoms with E-state index in [0.29, 0.717) is 18.9 Å². The molecule has 0 unspecified atom stereocenters. The average Bonchev–Trinajstić information content (AvgIpc) is 2.70. The SMILES string of the molecule is NCCc1cc(=O)[nH]c(C2CCCC2)n1. The molecular formula is C11H17N3O. The highest BCUT2D eigenvalue weighted by molar-refractivity contribution is 5.07. The van der Waals surface area contributed by atoms with Crippen molar-refractivity contribution < 1.29 is 0 Å². The first kappa shape index (κ1) is 10.4. The Hall–Kier alpha value is -1.16. The lowest BCUT2D eigenvalue weighted by atomic mass is 10.1. The quantitative estimate of drug-likeness (QED) is 0.774. The molecule has 4 heteroatoms. The lowest BCUT2D eigenvalue weighted by Gasteiger charge is -2.09. The smallest absolute Gasteiger partial charge is 0.251 e. The number of hydrogen-bond acceptors (Lipinski definition) is 3. The fourth-order valence-electron chi connectivity index (χ4n) is 2.20. The topological polar surface area (TPSA) is 71.8 Å². The van der Waals surface area contributed by atoms with Gasteiger partial charge in [0.15, 0.2) is 0 Å². The van der Waals surface area contributed by atoms with Gasteiger partial charge in [-0.1, -0.05) is 12.8 Å². The summed E-state index contributed by atoms with van der Waals surface area (Å²) in [5.41, 5.74) is 6.24. The Labute approximate surface area is 88.9 Å². The second-order valence-electron chi connectivity index (χ2n) is 4.14. The standard InChI is InChI=1S/C11H17N3O/c12-6-5-9-7-10(15)14-11(13-9)8-3-1-2-4-8/h7-8H,1-6,12H2,(H,13,14,15). The molecule has 0 aromatic carbocycles. The summed E-state index contributed by atoms with van der Waals surface area (Å²) in [4.78, 5) is 18.7. The maximum absolute atomic E-state index is 11.4. The van der Waals surface area contributed by atoms with Crippen molar-refractivity contribution in [2.45, 2.75) is 38.0 Å². The summed E-state index contributed by atoms with van der Waals surface area (Å²) in [5.74, 6) is 1.32. The monoisotopic (exact) mass is 207 g/mol. The zero-order valence-corrected chi connectivity index (χ0v) is 8.83. The second-order valence-corrected chi connectivity index (χ2v) is 4.14. The largest absolute Gasteiger partial charge is 0.330 e. The van der Waals surface area contributed by atoms with E-state index in [2.05, 4.69) is 9.97 Å². The molecule has 0 saturated heterocycles. The predicted octanol–water partition coefficient (Wildman–Crippen LogP) is 0.929. The Morgan fingerprint density at radius 1 is 1.47 bits per heavy atom. The van der Waals surface area contributed by atoms with Crippen LogP contribution in [0.3, 0.4) is 0 Å². The van der Waals surface area contributed by atoms with Gasteiger partial charge in [0.1, 0.15) is 5.82 Å². The van der Waals surface area contributed by atoms with Crippen LogP contribution >= 0.6 is 0 Å². The molecule has 0 spiro atoms. The summed E-state index contributed by atoms with van der Waals surface area (Å²) >= 11 is 0. The van der Waals surface area contributed by atoms with Crippen LogP contribution in [0, 0.1) is 0 Å². The van der Waals surface area contributed by atoms with E-state index in [1.807, 2.05) is 0 Å². The van der Waals surface area contributed by atoms with Gasteiger partial charge in [0.2, 0.25) is 0 Å². The molecular weight excluding hydrogens is 190 g/mol. The van der Waals surface area contributed by atoms with Gasteiger partial charge in [0, 0.05) is 24.1 Å². The van der Waals surface area contributed by atoms with Crippen LogP contribution in [0.25, 0.3) is 0 Å². The summed E-state index contributed by atoms with van der Waals surface area (Å²) in [7, 11) is 0. The van der Waals surface area contributed by atoms with Crippen LogP contribution in [0.2, 0.25) is 0 Å². The molecule has 1 aromatic rings. The van der Waals surface area contributed by atoms with Crippen LogP contribution in [0.15, 0.2) is 10.9 Å². The minimum Gasteiger partial charge on any atom is -0.330 e. The second kappa shape index (κ2) is 4.57. The molecule has 1 aromatic heterocycles. The van der Waals surface area contributed by atoms with E-state index in [4.69, 9.17) is 5.73 Å². The highest BCUT2D eigenvalue weighted by Gasteiger charge is 2.19. The molecule has 3 N–H and O–H groups in total. The van der Waals surface area contributed by atoms with E-state index in [9.17, 15) is 4.79 Å². The molecule has 1 aliphatic carbocycles. The molecule has 82 valence electrons. The highest BCUT2D eigenvalue weighted by Crippen LogP contribution is 2.31. The molecule has 0 atom stereocenters. The van der Waals surface area contributed by atoms with Crippen LogP contribution in [0.1, 0.15) is 43.1 Å². The van der Waals surface area contributed by atoms with Crippen molar-refractivity contribution in [3.8, 4) is 0 Å². The summed E-state index contributed by atoms with van der Waals surface area (Å²) in [6.07, 6.45) is 5.47. The Morgan fingerprint density at radius 2 is 2.20 bits per heavy atom. The number of nitrogens with two attached hydrogens (primary N) is 1. The number of aromatic nitrogens is 2. The van der Waals surface area contributed by atoms with E-state index in [1.54, 1.807) is 6.07 Å². The average molecular weight is 207 g/mol. The van der Waals surface area contributed by atoms with Crippen molar-refractivity contribution in [2.24, 2.45) is 5.73 Å². The molecule has 0 radical (unpaired) electrons. The Kier molecular flexibility index (Phi) is 3.16. The van der Waals surface area contributed by atoms with Gasteiger partial charge in [-0.05, 0) is 19.4 Å². The van der Waals surface area contributed by atoms with Crippen molar-refractivity contribution in [2.75, 3.05) is 6.54 Å². The molecule has 15 heavy (non-hydrogen) atoms. The number of nitrogens with zero attached hydrogens (tertiary/aromatic N) is 1. The zero-order chi connectivity index (χ0) is 10.7. The Bertz CT molecular complexity index is 380. The maximum Gasteiger partial charge on any atom is 0.251 e. The van der Waals surface area contributed by atoms with E-state index in [0.717, 1.165) is 24.4 Å². The molecule has 2 rings (SSSR count). The van der Waals surface area contributed by atoms with Crippen molar-refractivity contribution in [1.29, 1.82) is 0 Å². The van der Waals surface area contributed by atoms with Crippen molar-refractivity contribution in [3.63, 3.8) is 0 Å². The summed E-state index contributed by atoms with van der Waals surface area (Å²) in [5, 5.41) is 0. The maximum atomic E-state index is 11.4. The molecule has 0 bridgehead atoms. The van der Waals surface area contributed by atoms with Crippen LogP contribution in [-0.2, 0) is 6.42 Å². The first-order chi connectivity index (χ1) is 7.29.